The first-order valence-electron chi connectivity index (χ1n) is 9.43. The molecule has 0 aliphatic carbocycles. The molecule has 1 aromatic carbocycles. The summed E-state index contributed by atoms with van der Waals surface area (Å²) in [5, 5.41) is 9.96. The highest BCUT2D eigenvalue weighted by Crippen LogP contribution is 2.25. The molecule has 1 aliphatic rings. The molecular weight excluding hydrogens is 342 g/mol. The maximum atomic E-state index is 11.8. The van der Waals surface area contributed by atoms with E-state index in [0.29, 0.717) is 11.7 Å². The van der Waals surface area contributed by atoms with Gasteiger partial charge in [0.25, 0.3) is 0 Å². The number of aromatic amines is 1. The minimum absolute atomic E-state index is 0.249. The molecule has 0 atom stereocenters. The van der Waals surface area contributed by atoms with Gasteiger partial charge < -0.3 is 15.0 Å². The van der Waals surface area contributed by atoms with E-state index in [2.05, 4.69) is 32.0 Å². The second kappa shape index (κ2) is 9.87. The highest BCUT2D eigenvalue weighted by molar-refractivity contribution is 5.67. The quantitative estimate of drug-likeness (QED) is 0.699. The van der Waals surface area contributed by atoms with E-state index in [9.17, 15) is 4.79 Å². The van der Waals surface area contributed by atoms with E-state index in [1.807, 2.05) is 36.4 Å². The van der Waals surface area contributed by atoms with E-state index in [1.165, 1.54) is 0 Å². The van der Waals surface area contributed by atoms with Gasteiger partial charge in [0.1, 0.15) is 12.4 Å². The van der Waals surface area contributed by atoms with Gasteiger partial charge in [-0.1, -0.05) is 36.4 Å². The fourth-order valence-corrected chi connectivity index (χ4v) is 3.19. The standard InChI is InChI=1S/C20H27N5O2/c1-2-3-11-25-12-9-17(10-13-25)19-22-18(23-24-19)14-21-20(26)27-15-16-7-5-4-6-8-16/h2,4-8,17H,1,3,9-15H2,(H,21,26)(H,22,23,24). The maximum Gasteiger partial charge on any atom is 0.407 e. The van der Waals surface area contributed by atoms with Gasteiger partial charge in [-0.05, 0) is 37.9 Å². The predicted octanol–water partition coefficient (Wildman–Crippen LogP) is 2.99. The number of carbonyl (C=O) groups is 1. The molecule has 7 nitrogen and oxygen atoms in total. The number of piperidine rings is 1. The molecule has 2 N–H and O–H groups in total. The SMILES string of the molecule is C=CCCN1CCC(c2n[nH]c(CNC(=O)OCc3ccccc3)n2)CC1. The lowest BCUT2D eigenvalue weighted by Crippen LogP contribution is -2.33. The van der Waals surface area contributed by atoms with Crippen molar-refractivity contribution in [2.45, 2.75) is 38.3 Å². The van der Waals surface area contributed by atoms with Crippen LogP contribution in [0.5, 0.6) is 0 Å². The van der Waals surface area contributed by atoms with E-state index >= 15 is 0 Å². The van der Waals surface area contributed by atoms with Crippen molar-refractivity contribution >= 4 is 6.09 Å². The average molecular weight is 369 g/mol. The Labute approximate surface area is 159 Å². The number of nitrogens with zero attached hydrogens (tertiary/aromatic N) is 3. The molecule has 1 saturated heterocycles. The number of rotatable bonds is 8. The molecule has 27 heavy (non-hydrogen) atoms. The van der Waals surface area contributed by atoms with Crippen LogP contribution in [0.25, 0.3) is 0 Å². The minimum atomic E-state index is -0.465. The highest BCUT2D eigenvalue weighted by atomic mass is 16.5. The second-order valence-corrected chi connectivity index (χ2v) is 6.75. The Morgan fingerprint density at radius 3 is 2.85 bits per heavy atom. The van der Waals surface area contributed by atoms with Crippen LogP contribution in [0, 0.1) is 0 Å². The molecule has 0 unspecified atom stereocenters. The van der Waals surface area contributed by atoms with Gasteiger partial charge in [0.15, 0.2) is 5.82 Å². The molecule has 1 aromatic heterocycles. The molecule has 0 bridgehead atoms. The van der Waals surface area contributed by atoms with Gasteiger partial charge >= 0.3 is 6.09 Å². The Kier molecular flexibility index (Phi) is 6.98. The van der Waals surface area contributed by atoms with E-state index in [1.54, 1.807) is 0 Å². The van der Waals surface area contributed by atoms with E-state index in [0.717, 1.165) is 50.3 Å². The van der Waals surface area contributed by atoms with Crippen LogP contribution in [0.1, 0.15) is 42.4 Å². The van der Waals surface area contributed by atoms with Crippen molar-refractivity contribution in [1.82, 2.24) is 25.4 Å². The summed E-state index contributed by atoms with van der Waals surface area (Å²) in [7, 11) is 0. The summed E-state index contributed by atoms with van der Waals surface area (Å²) in [6.07, 6.45) is 4.64. The zero-order valence-electron chi connectivity index (χ0n) is 15.6. The van der Waals surface area contributed by atoms with Gasteiger partial charge in [-0.3, -0.25) is 5.10 Å². The summed E-state index contributed by atoms with van der Waals surface area (Å²) in [5.41, 5.74) is 0.953. The number of nitrogens with one attached hydrogen (secondary N) is 2. The summed E-state index contributed by atoms with van der Waals surface area (Å²) in [6.45, 7) is 7.50. The first-order chi connectivity index (χ1) is 13.2. The van der Waals surface area contributed by atoms with Crippen molar-refractivity contribution in [2.24, 2.45) is 0 Å². The second-order valence-electron chi connectivity index (χ2n) is 6.75. The van der Waals surface area contributed by atoms with Crippen molar-refractivity contribution in [2.75, 3.05) is 19.6 Å². The Morgan fingerprint density at radius 1 is 1.33 bits per heavy atom. The van der Waals surface area contributed by atoms with Crippen LogP contribution in [0.4, 0.5) is 4.79 Å². The van der Waals surface area contributed by atoms with Crippen LogP contribution in [0.15, 0.2) is 43.0 Å². The molecule has 1 amide bonds. The van der Waals surface area contributed by atoms with Crippen molar-refractivity contribution in [3.63, 3.8) is 0 Å². The average Bonchev–Trinajstić information content (AvgIpc) is 3.19. The van der Waals surface area contributed by atoms with Gasteiger partial charge in [0, 0.05) is 12.5 Å². The van der Waals surface area contributed by atoms with Crippen LogP contribution in [-0.4, -0.2) is 45.8 Å². The van der Waals surface area contributed by atoms with E-state index < -0.39 is 6.09 Å². The van der Waals surface area contributed by atoms with Crippen LogP contribution in [0.3, 0.4) is 0 Å². The van der Waals surface area contributed by atoms with Crippen molar-refractivity contribution in [3.05, 3.63) is 60.2 Å². The third-order valence-corrected chi connectivity index (χ3v) is 4.76. The van der Waals surface area contributed by atoms with Gasteiger partial charge in [-0.15, -0.1) is 6.58 Å². The van der Waals surface area contributed by atoms with Crippen LogP contribution in [0.2, 0.25) is 0 Å². The van der Waals surface area contributed by atoms with Crippen molar-refractivity contribution < 1.29 is 9.53 Å². The number of alkyl carbamates (subject to hydrolysis) is 1. The summed E-state index contributed by atoms with van der Waals surface area (Å²) in [4.78, 5) is 18.8. The maximum absolute atomic E-state index is 11.8. The molecule has 3 rings (SSSR count). The zero-order chi connectivity index (χ0) is 18.9. The van der Waals surface area contributed by atoms with Gasteiger partial charge in [0.2, 0.25) is 0 Å². The summed E-state index contributed by atoms with van der Waals surface area (Å²) < 4.78 is 5.19. The van der Waals surface area contributed by atoms with Crippen molar-refractivity contribution in [3.8, 4) is 0 Å². The molecule has 1 fully saturated rings. The molecule has 0 radical (unpaired) electrons. The lowest BCUT2D eigenvalue weighted by Gasteiger charge is -2.30. The molecule has 2 heterocycles. The zero-order valence-corrected chi connectivity index (χ0v) is 15.6. The molecule has 2 aromatic rings. The number of likely N-dealkylation sites (tertiary alicyclic amines) is 1. The smallest absolute Gasteiger partial charge is 0.407 e. The fourth-order valence-electron chi connectivity index (χ4n) is 3.19. The number of hydrogen-bond acceptors (Lipinski definition) is 5. The Balaban J connectivity index is 1.39. The van der Waals surface area contributed by atoms with Crippen LogP contribution < -0.4 is 5.32 Å². The summed E-state index contributed by atoms with van der Waals surface area (Å²) >= 11 is 0. The first-order valence-corrected chi connectivity index (χ1v) is 9.43. The van der Waals surface area contributed by atoms with E-state index in [4.69, 9.17) is 4.74 Å². The largest absolute Gasteiger partial charge is 0.445 e. The number of hydrogen-bond donors (Lipinski definition) is 2. The van der Waals surface area contributed by atoms with Crippen LogP contribution >= 0.6 is 0 Å². The normalized spacial score (nSPS) is 15.4. The molecule has 0 spiro atoms. The highest BCUT2D eigenvalue weighted by Gasteiger charge is 2.23. The first kappa shape index (κ1) is 19.1. The summed E-state index contributed by atoms with van der Waals surface area (Å²) in [5.74, 6) is 1.86. The Bertz CT molecular complexity index is 723. The lowest BCUT2D eigenvalue weighted by atomic mass is 9.96. The number of amides is 1. The number of H-pyrrole nitrogens is 1. The molecule has 7 heteroatoms. The lowest BCUT2D eigenvalue weighted by molar-refractivity contribution is 0.139. The number of carbonyl (C=O) groups excluding carboxylic acids is 1. The van der Waals surface area contributed by atoms with Gasteiger partial charge in [0.05, 0.1) is 6.54 Å². The van der Waals surface area contributed by atoms with E-state index in [-0.39, 0.29) is 13.2 Å². The third-order valence-electron chi connectivity index (χ3n) is 4.76. The number of aromatic nitrogens is 3. The molecular formula is C20H27N5O2. The fraction of sp³-hybridized carbons (Fsp3) is 0.450. The minimum Gasteiger partial charge on any atom is -0.445 e. The number of ether oxygens (including phenoxy) is 1. The topological polar surface area (TPSA) is 83.1 Å². The van der Waals surface area contributed by atoms with Crippen molar-refractivity contribution in [1.29, 1.82) is 0 Å². The Morgan fingerprint density at radius 2 is 2.11 bits per heavy atom. The monoisotopic (exact) mass is 369 g/mol. The molecule has 0 saturated carbocycles. The van der Waals surface area contributed by atoms with Crippen LogP contribution in [-0.2, 0) is 17.9 Å². The number of benzene rings is 1. The third kappa shape index (κ3) is 5.92. The molecule has 1 aliphatic heterocycles. The van der Waals surface area contributed by atoms with Gasteiger partial charge in [-0.2, -0.15) is 5.10 Å². The van der Waals surface area contributed by atoms with Gasteiger partial charge in [-0.25, -0.2) is 9.78 Å². The summed E-state index contributed by atoms with van der Waals surface area (Å²) in [6, 6.07) is 9.58. The predicted molar refractivity (Wildman–Crippen MR) is 103 cm³/mol. The molecule has 144 valence electrons. The Hall–Kier alpha value is -2.67.